The molecule has 1 aromatic rings. The van der Waals surface area contributed by atoms with Gasteiger partial charge in [-0.05, 0) is 38.1 Å². The average molecular weight is 246 g/mol. The fourth-order valence-corrected chi connectivity index (χ4v) is 2.25. The molecule has 1 saturated heterocycles. The number of anilines is 1. The highest BCUT2D eigenvalue weighted by atomic mass is 16.3. The Morgan fingerprint density at radius 1 is 1.50 bits per heavy atom. The van der Waals surface area contributed by atoms with Crippen LogP contribution >= 0.6 is 0 Å². The zero-order valence-corrected chi connectivity index (χ0v) is 10.5. The number of carbonyl (C=O) groups excluding carboxylic acids is 1. The topological polar surface area (TPSA) is 52.6 Å². The van der Waals surface area contributed by atoms with Crippen molar-refractivity contribution in [3.63, 3.8) is 0 Å². The minimum Gasteiger partial charge on any atom is -0.506 e. The number of carbonyl (C=O) groups is 1. The van der Waals surface area contributed by atoms with Crippen LogP contribution in [0.1, 0.15) is 13.3 Å². The van der Waals surface area contributed by atoms with Crippen LogP contribution in [0.4, 0.5) is 5.69 Å². The molecule has 0 aliphatic carbocycles. The highest BCUT2D eigenvalue weighted by Gasteiger charge is 2.28. The van der Waals surface area contributed by atoms with Crippen LogP contribution in [-0.2, 0) is 4.79 Å². The van der Waals surface area contributed by atoms with Crippen LogP contribution in [0.2, 0.25) is 0 Å². The van der Waals surface area contributed by atoms with Gasteiger partial charge in [-0.1, -0.05) is 18.2 Å². The zero-order chi connectivity index (χ0) is 13.0. The van der Waals surface area contributed by atoms with Crippen LogP contribution in [0.15, 0.2) is 36.4 Å². The molecule has 0 spiro atoms. The van der Waals surface area contributed by atoms with Crippen molar-refractivity contribution < 1.29 is 9.90 Å². The van der Waals surface area contributed by atoms with Gasteiger partial charge in [-0.25, -0.2) is 0 Å². The van der Waals surface area contributed by atoms with E-state index in [9.17, 15) is 9.90 Å². The van der Waals surface area contributed by atoms with Crippen LogP contribution in [0.5, 0.6) is 5.75 Å². The number of nitrogens with one attached hydrogen (secondary N) is 1. The SMILES string of the molecule is CC=CC(=O)N(c1ccccc1O)C1CCNC1. The number of rotatable bonds is 3. The van der Waals surface area contributed by atoms with Crippen LogP contribution in [0.3, 0.4) is 0 Å². The van der Waals surface area contributed by atoms with E-state index in [0.717, 1.165) is 19.5 Å². The summed E-state index contributed by atoms with van der Waals surface area (Å²) in [6, 6.07) is 7.06. The van der Waals surface area contributed by atoms with Gasteiger partial charge in [0.15, 0.2) is 0 Å². The van der Waals surface area contributed by atoms with Crippen molar-refractivity contribution in [2.45, 2.75) is 19.4 Å². The first kappa shape index (κ1) is 12.6. The van der Waals surface area contributed by atoms with Crippen molar-refractivity contribution in [3.05, 3.63) is 36.4 Å². The standard InChI is InChI=1S/C14H18N2O2/c1-2-5-14(18)16(11-8-9-15-10-11)12-6-3-4-7-13(12)17/h2-7,11,15,17H,8-10H2,1H3. The van der Waals surface area contributed by atoms with E-state index < -0.39 is 0 Å². The van der Waals surface area contributed by atoms with Crippen molar-refractivity contribution in [2.24, 2.45) is 0 Å². The molecule has 4 nitrogen and oxygen atoms in total. The maximum Gasteiger partial charge on any atom is 0.251 e. The van der Waals surface area contributed by atoms with Gasteiger partial charge in [0.05, 0.1) is 11.7 Å². The number of amides is 1. The predicted octanol–water partition coefficient (Wildman–Crippen LogP) is 1.66. The van der Waals surface area contributed by atoms with Crippen molar-refractivity contribution in [3.8, 4) is 5.75 Å². The Labute approximate surface area is 107 Å². The molecule has 1 heterocycles. The third-order valence-electron chi connectivity index (χ3n) is 3.09. The quantitative estimate of drug-likeness (QED) is 0.798. The molecule has 1 unspecified atom stereocenters. The van der Waals surface area contributed by atoms with Gasteiger partial charge >= 0.3 is 0 Å². The van der Waals surface area contributed by atoms with Gasteiger partial charge in [0, 0.05) is 6.54 Å². The molecule has 1 aromatic carbocycles. The molecule has 1 aliphatic rings. The summed E-state index contributed by atoms with van der Waals surface area (Å²) in [6.45, 7) is 3.48. The molecule has 18 heavy (non-hydrogen) atoms. The number of aromatic hydroxyl groups is 1. The van der Waals surface area contributed by atoms with Gasteiger partial charge in [0.25, 0.3) is 5.91 Å². The summed E-state index contributed by atoms with van der Waals surface area (Å²) in [7, 11) is 0. The zero-order valence-electron chi connectivity index (χ0n) is 10.5. The summed E-state index contributed by atoms with van der Waals surface area (Å²) in [5.41, 5.74) is 0.578. The van der Waals surface area contributed by atoms with E-state index in [2.05, 4.69) is 5.32 Å². The first-order valence-corrected chi connectivity index (χ1v) is 6.18. The summed E-state index contributed by atoms with van der Waals surface area (Å²) in [4.78, 5) is 13.9. The lowest BCUT2D eigenvalue weighted by Crippen LogP contribution is -2.41. The summed E-state index contributed by atoms with van der Waals surface area (Å²) in [5, 5.41) is 13.2. The molecule has 1 fully saturated rings. The lowest BCUT2D eigenvalue weighted by atomic mass is 10.1. The first-order valence-electron chi connectivity index (χ1n) is 6.18. The highest BCUT2D eigenvalue weighted by Crippen LogP contribution is 2.29. The minimum atomic E-state index is -0.0901. The molecule has 1 atom stereocenters. The normalized spacial score (nSPS) is 19.3. The van der Waals surface area contributed by atoms with E-state index in [0.29, 0.717) is 5.69 Å². The Hall–Kier alpha value is -1.81. The number of phenols is 1. The molecular formula is C14H18N2O2. The van der Waals surface area contributed by atoms with Crippen molar-refractivity contribution in [1.29, 1.82) is 0 Å². The Bertz CT molecular complexity index is 451. The summed E-state index contributed by atoms with van der Waals surface area (Å²) >= 11 is 0. The molecule has 96 valence electrons. The Kier molecular flexibility index (Phi) is 3.99. The van der Waals surface area contributed by atoms with Crippen molar-refractivity contribution in [2.75, 3.05) is 18.0 Å². The highest BCUT2D eigenvalue weighted by molar-refractivity contribution is 6.02. The van der Waals surface area contributed by atoms with Gasteiger partial charge < -0.3 is 15.3 Å². The van der Waals surface area contributed by atoms with Crippen molar-refractivity contribution in [1.82, 2.24) is 5.32 Å². The fourth-order valence-electron chi connectivity index (χ4n) is 2.25. The smallest absolute Gasteiger partial charge is 0.251 e. The number of hydrogen-bond acceptors (Lipinski definition) is 3. The number of benzene rings is 1. The maximum absolute atomic E-state index is 12.2. The molecule has 4 heteroatoms. The number of hydrogen-bond donors (Lipinski definition) is 2. The van der Waals surface area contributed by atoms with Crippen LogP contribution in [0, 0.1) is 0 Å². The van der Waals surface area contributed by atoms with E-state index in [1.54, 1.807) is 29.2 Å². The summed E-state index contributed by atoms with van der Waals surface area (Å²) in [5.74, 6) is 0.0509. The molecule has 0 aromatic heterocycles. The second kappa shape index (κ2) is 5.69. The monoisotopic (exact) mass is 246 g/mol. The lowest BCUT2D eigenvalue weighted by molar-refractivity contribution is -0.114. The van der Waals surface area contributed by atoms with E-state index >= 15 is 0 Å². The van der Waals surface area contributed by atoms with E-state index in [1.807, 2.05) is 13.0 Å². The third kappa shape index (κ3) is 2.54. The number of allylic oxidation sites excluding steroid dienone is 1. The Morgan fingerprint density at radius 2 is 2.28 bits per heavy atom. The fraction of sp³-hybridized carbons (Fsp3) is 0.357. The molecule has 0 bridgehead atoms. The second-order valence-corrected chi connectivity index (χ2v) is 4.34. The largest absolute Gasteiger partial charge is 0.506 e. The van der Waals surface area contributed by atoms with Crippen LogP contribution in [0.25, 0.3) is 0 Å². The van der Waals surface area contributed by atoms with E-state index in [1.165, 1.54) is 6.08 Å². The molecule has 1 amide bonds. The van der Waals surface area contributed by atoms with Crippen molar-refractivity contribution >= 4 is 11.6 Å². The molecule has 2 rings (SSSR count). The third-order valence-corrected chi connectivity index (χ3v) is 3.09. The van der Waals surface area contributed by atoms with Gasteiger partial charge in [-0.15, -0.1) is 0 Å². The Balaban J connectivity index is 2.35. The van der Waals surface area contributed by atoms with Gasteiger partial charge in [0.1, 0.15) is 5.75 Å². The Morgan fingerprint density at radius 3 is 2.89 bits per heavy atom. The summed E-state index contributed by atoms with van der Waals surface area (Å²) < 4.78 is 0. The maximum atomic E-state index is 12.2. The number of nitrogens with zero attached hydrogens (tertiary/aromatic N) is 1. The van der Waals surface area contributed by atoms with Crippen LogP contribution < -0.4 is 10.2 Å². The molecule has 0 saturated carbocycles. The van der Waals surface area contributed by atoms with Gasteiger partial charge in [-0.2, -0.15) is 0 Å². The van der Waals surface area contributed by atoms with Crippen LogP contribution in [-0.4, -0.2) is 30.1 Å². The molecule has 1 aliphatic heterocycles. The first-order chi connectivity index (χ1) is 8.74. The second-order valence-electron chi connectivity index (χ2n) is 4.34. The van der Waals surface area contributed by atoms with Gasteiger partial charge in [-0.3, -0.25) is 4.79 Å². The molecule has 0 radical (unpaired) electrons. The lowest BCUT2D eigenvalue weighted by Gasteiger charge is -2.28. The predicted molar refractivity (Wildman–Crippen MR) is 71.7 cm³/mol. The van der Waals surface area contributed by atoms with E-state index in [4.69, 9.17) is 0 Å². The average Bonchev–Trinajstić information content (AvgIpc) is 2.86. The van der Waals surface area contributed by atoms with Gasteiger partial charge in [0.2, 0.25) is 0 Å². The summed E-state index contributed by atoms with van der Waals surface area (Å²) in [6.07, 6.45) is 4.15. The minimum absolute atomic E-state index is 0.0901. The number of phenolic OH excluding ortho intramolecular Hbond substituents is 1. The van der Waals surface area contributed by atoms with E-state index in [-0.39, 0.29) is 17.7 Å². The molecule has 2 N–H and O–H groups in total. The number of para-hydroxylation sites is 2. The molecular weight excluding hydrogens is 228 g/mol.